The van der Waals surface area contributed by atoms with Crippen molar-refractivity contribution in [3.8, 4) is 0 Å². The zero-order valence-electron chi connectivity index (χ0n) is 8.31. The minimum Gasteiger partial charge on any atom is -0.166 e. The van der Waals surface area contributed by atoms with Crippen LogP contribution in [0, 0.1) is 0 Å². The first-order chi connectivity index (χ1) is 6.95. The summed E-state index contributed by atoms with van der Waals surface area (Å²) in [7, 11) is 0. The summed E-state index contributed by atoms with van der Waals surface area (Å²) in [4.78, 5) is 0. The highest BCUT2D eigenvalue weighted by Gasteiger charge is 2.29. The third-order valence-corrected chi connectivity index (χ3v) is 1.95. The Balaban J connectivity index is 2.95. The highest BCUT2D eigenvalue weighted by Crippen LogP contribution is 2.29. The van der Waals surface area contributed by atoms with Gasteiger partial charge in [0.05, 0.1) is 5.56 Å². The van der Waals surface area contributed by atoms with Gasteiger partial charge in [0.15, 0.2) is 0 Å². The Labute approximate surface area is 86.7 Å². The van der Waals surface area contributed by atoms with Gasteiger partial charge in [-0.25, -0.2) is 0 Å². The molecule has 0 N–H and O–H groups in total. The zero-order chi connectivity index (χ0) is 11.5. The first-order valence-electron chi connectivity index (χ1n) is 4.44. The average molecular weight is 212 g/mol. The molecule has 0 aliphatic rings. The summed E-state index contributed by atoms with van der Waals surface area (Å²) in [5.74, 6) is 0. The van der Waals surface area contributed by atoms with Crippen molar-refractivity contribution in [2.24, 2.45) is 0 Å². The monoisotopic (exact) mass is 212 g/mol. The molecule has 1 aromatic rings. The van der Waals surface area contributed by atoms with Gasteiger partial charge in [-0.3, -0.25) is 0 Å². The topological polar surface area (TPSA) is 0 Å². The van der Waals surface area contributed by atoms with Gasteiger partial charge < -0.3 is 0 Å². The van der Waals surface area contributed by atoms with Gasteiger partial charge in [-0.15, -0.1) is 0 Å². The standard InChI is InChI=1S/C12H11F3/c1-3-4-9(2)10-5-7-11(8-6-10)12(13,14)15/h3-8H,2H2,1H3. The lowest BCUT2D eigenvalue weighted by Crippen LogP contribution is -2.04. The molecule has 0 unspecified atom stereocenters. The maximum absolute atomic E-state index is 12.2. The summed E-state index contributed by atoms with van der Waals surface area (Å²) in [6.07, 6.45) is -0.733. The van der Waals surface area contributed by atoms with E-state index >= 15 is 0 Å². The summed E-state index contributed by atoms with van der Waals surface area (Å²) in [6, 6.07) is 4.96. The quantitative estimate of drug-likeness (QED) is 0.641. The van der Waals surface area contributed by atoms with Gasteiger partial charge in [0, 0.05) is 0 Å². The molecular weight excluding hydrogens is 201 g/mol. The first kappa shape index (κ1) is 11.6. The van der Waals surface area contributed by atoms with Crippen molar-refractivity contribution >= 4 is 5.57 Å². The van der Waals surface area contributed by atoms with E-state index in [-0.39, 0.29) is 0 Å². The van der Waals surface area contributed by atoms with E-state index in [9.17, 15) is 13.2 Å². The highest BCUT2D eigenvalue weighted by atomic mass is 19.4. The fourth-order valence-electron chi connectivity index (χ4n) is 1.17. The third-order valence-electron chi connectivity index (χ3n) is 1.95. The first-order valence-corrected chi connectivity index (χ1v) is 4.44. The molecule has 0 saturated heterocycles. The van der Waals surface area contributed by atoms with Crippen LogP contribution in [-0.4, -0.2) is 0 Å². The molecule has 0 atom stereocenters. The minimum absolute atomic E-state index is 0.639. The number of hydrogen-bond donors (Lipinski definition) is 0. The molecule has 1 rings (SSSR count). The minimum atomic E-state index is -4.28. The van der Waals surface area contributed by atoms with Crippen molar-refractivity contribution in [1.82, 2.24) is 0 Å². The van der Waals surface area contributed by atoms with Crippen molar-refractivity contribution in [2.75, 3.05) is 0 Å². The zero-order valence-corrected chi connectivity index (χ0v) is 8.31. The predicted molar refractivity (Wildman–Crippen MR) is 55.3 cm³/mol. The van der Waals surface area contributed by atoms with E-state index < -0.39 is 11.7 Å². The molecule has 0 amide bonds. The Bertz CT molecular complexity index is 369. The Morgan fingerprint density at radius 2 is 1.73 bits per heavy atom. The van der Waals surface area contributed by atoms with Crippen LogP contribution in [0.2, 0.25) is 0 Å². The Kier molecular flexibility index (Phi) is 3.35. The van der Waals surface area contributed by atoms with E-state index in [2.05, 4.69) is 6.58 Å². The van der Waals surface area contributed by atoms with Gasteiger partial charge in [-0.2, -0.15) is 13.2 Å². The van der Waals surface area contributed by atoms with Crippen LogP contribution >= 0.6 is 0 Å². The lowest BCUT2D eigenvalue weighted by atomic mass is 10.1. The lowest BCUT2D eigenvalue weighted by Gasteiger charge is -2.07. The summed E-state index contributed by atoms with van der Waals surface area (Å²) < 4.78 is 36.7. The SMILES string of the molecule is C=C(C=CC)c1ccc(C(F)(F)F)cc1. The molecule has 0 aliphatic carbocycles. The molecule has 0 fully saturated rings. The van der Waals surface area contributed by atoms with E-state index in [1.165, 1.54) is 12.1 Å². The number of benzene rings is 1. The number of halogens is 3. The van der Waals surface area contributed by atoms with Crippen LogP contribution in [-0.2, 0) is 6.18 Å². The molecule has 15 heavy (non-hydrogen) atoms. The molecule has 0 aliphatic heterocycles. The second kappa shape index (κ2) is 4.34. The van der Waals surface area contributed by atoms with Gasteiger partial charge in [-0.1, -0.05) is 30.9 Å². The van der Waals surface area contributed by atoms with Crippen LogP contribution in [0.25, 0.3) is 5.57 Å². The number of allylic oxidation sites excluding steroid dienone is 3. The van der Waals surface area contributed by atoms with E-state index in [0.717, 1.165) is 12.1 Å². The van der Waals surface area contributed by atoms with Crippen LogP contribution in [0.15, 0.2) is 43.0 Å². The van der Waals surface area contributed by atoms with Crippen LogP contribution in [0.3, 0.4) is 0 Å². The van der Waals surface area contributed by atoms with Crippen LogP contribution in [0.5, 0.6) is 0 Å². The third kappa shape index (κ3) is 2.98. The summed E-state index contributed by atoms with van der Waals surface area (Å²) in [6.45, 7) is 5.57. The van der Waals surface area contributed by atoms with Gasteiger partial charge in [0.25, 0.3) is 0 Å². The van der Waals surface area contributed by atoms with Crippen LogP contribution in [0.4, 0.5) is 13.2 Å². The van der Waals surface area contributed by atoms with Crippen molar-refractivity contribution in [1.29, 1.82) is 0 Å². The summed E-state index contributed by atoms with van der Waals surface area (Å²) >= 11 is 0. The predicted octanol–water partition coefficient (Wildman–Crippen LogP) is 4.29. The van der Waals surface area contributed by atoms with Gasteiger partial charge >= 0.3 is 6.18 Å². The normalized spacial score (nSPS) is 12.0. The van der Waals surface area contributed by atoms with Crippen molar-refractivity contribution in [3.05, 3.63) is 54.1 Å². The fourth-order valence-corrected chi connectivity index (χ4v) is 1.17. The van der Waals surface area contributed by atoms with Gasteiger partial charge in [-0.05, 0) is 30.2 Å². The summed E-state index contributed by atoms with van der Waals surface area (Å²) in [5, 5.41) is 0. The molecule has 3 heteroatoms. The molecule has 0 aromatic heterocycles. The Morgan fingerprint density at radius 3 is 2.13 bits per heavy atom. The molecule has 80 valence electrons. The highest BCUT2D eigenvalue weighted by molar-refractivity contribution is 5.71. The summed E-state index contributed by atoms with van der Waals surface area (Å²) in [5.41, 5.74) is 0.756. The molecule has 0 saturated carbocycles. The van der Waals surface area contributed by atoms with Crippen molar-refractivity contribution < 1.29 is 13.2 Å². The molecule has 0 bridgehead atoms. The fraction of sp³-hybridized carbons (Fsp3) is 0.167. The smallest absolute Gasteiger partial charge is 0.166 e. The molecule has 0 spiro atoms. The average Bonchev–Trinajstić information content (AvgIpc) is 2.17. The van der Waals surface area contributed by atoms with Crippen LogP contribution < -0.4 is 0 Å². The number of rotatable bonds is 2. The van der Waals surface area contributed by atoms with E-state index in [1.54, 1.807) is 12.2 Å². The van der Waals surface area contributed by atoms with Gasteiger partial charge in [0.2, 0.25) is 0 Å². The molecular formula is C12H11F3. The van der Waals surface area contributed by atoms with E-state index in [4.69, 9.17) is 0 Å². The molecule has 1 aromatic carbocycles. The Morgan fingerprint density at radius 1 is 1.20 bits per heavy atom. The van der Waals surface area contributed by atoms with E-state index in [1.807, 2.05) is 6.92 Å². The lowest BCUT2D eigenvalue weighted by molar-refractivity contribution is -0.137. The van der Waals surface area contributed by atoms with Gasteiger partial charge in [0.1, 0.15) is 0 Å². The second-order valence-corrected chi connectivity index (χ2v) is 3.10. The van der Waals surface area contributed by atoms with E-state index in [0.29, 0.717) is 11.1 Å². The maximum Gasteiger partial charge on any atom is 0.416 e. The Hall–Kier alpha value is -1.51. The number of alkyl halides is 3. The van der Waals surface area contributed by atoms with Crippen molar-refractivity contribution in [3.63, 3.8) is 0 Å². The molecule has 0 radical (unpaired) electrons. The van der Waals surface area contributed by atoms with Crippen LogP contribution in [0.1, 0.15) is 18.1 Å². The second-order valence-electron chi connectivity index (χ2n) is 3.10. The molecule has 0 heterocycles. The maximum atomic E-state index is 12.2. The largest absolute Gasteiger partial charge is 0.416 e. The van der Waals surface area contributed by atoms with Crippen molar-refractivity contribution in [2.45, 2.75) is 13.1 Å². The molecule has 0 nitrogen and oxygen atoms in total. The number of hydrogen-bond acceptors (Lipinski definition) is 0.